The Morgan fingerprint density at radius 2 is 1.59 bits per heavy atom. The lowest BCUT2D eigenvalue weighted by Crippen LogP contribution is -2.58. The quantitative estimate of drug-likeness (QED) is 0.137. The minimum atomic E-state index is -1.25. The summed E-state index contributed by atoms with van der Waals surface area (Å²) in [6.45, 7) is 4.21. The van der Waals surface area contributed by atoms with Gasteiger partial charge in [0.1, 0.15) is 18.1 Å². The van der Waals surface area contributed by atoms with Gasteiger partial charge < -0.3 is 37.5 Å². The van der Waals surface area contributed by atoms with Crippen molar-refractivity contribution in [3.8, 4) is 0 Å². The molecule has 2 aromatic rings. The highest BCUT2D eigenvalue weighted by molar-refractivity contribution is 5.94. The number of carbonyl (C=O) groups is 4. The average molecular weight is 544 g/mol. The van der Waals surface area contributed by atoms with E-state index in [1.54, 1.807) is 24.3 Å². The Kier molecular flexibility index (Phi) is 13.1. The Balaban J connectivity index is 2.23. The number of imidazole rings is 1. The fourth-order valence-corrected chi connectivity index (χ4v) is 3.96. The molecule has 1 heterocycles. The fourth-order valence-electron chi connectivity index (χ4n) is 3.96. The zero-order valence-corrected chi connectivity index (χ0v) is 22.6. The lowest BCUT2D eigenvalue weighted by Gasteiger charge is -2.26. The molecule has 1 aromatic carbocycles. The molecule has 0 aliphatic heterocycles. The highest BCUT2D eigenvalue weighted by Gasteiger charge is 2.31. The van der Waals surface area contributed by atoms with Crippen LogP contribution in [0.5, 0.6) is 0 Å². The van der Waals surface area contributed by atoms with Gasteiger partial charge in [0.05, 0.1) is 12.4 Å². The van der Waals surface area contributed by atoms with Crippen LogP contribution < -0.4 is 27.4 Å². The monoisotopic (exact) mass is 543 g/mol. The van der Waals surface area contributed by atoms with Crippen LogP contribution in [0, 0.1) is 5.92 Å². The number of aliphatic carboxylic acids is 1. The van der Waals surface area contributed by atoms with Crippen LogP contribution in [0.1, 0.15) is 50.8 Å². The molecule has 0 radical (unpaired) electrons. The van der Waals surface area contributed by atoms with Gasteiger partial charge in [-0.2, -0.15) is 0 Å². The molecule has 12 nitrogen and oxygen atoms in total. The van der Waals surface area contributed by atoms with Crippen molar-refractivity contribution in [1.82, 2.24) is 25.9 Å². The number of rotatable bonds is 17. The standard InChI is InChI=1S/C27H41N7O5/c1-3-17(2)23(29)26(37)32-20(11-7-8-12-28)24(35)33-21(13-18-9-5-4-6-10-18)25(36)34-22(27(38)39)14-19-15-30-16-31-19/h4-6,9-10,15-17,20-23H,3,7-8,11-14,28-29H2,1-2H3,(H,30,31)(H,32,37)(H,33,35)(H,34,36)(H,38,39). The molecule has 0 fully saturated rings. The number of carboxylic acids is 1. The topological polar surface area (TPSA) is 205 Å². The molecule has 0 spiro atoms. The van der Waals surface area contributed by atoms with Crippen molar-refractivity contribution in [3.05, 3.63) is 54.1 Å². The average Bonchev–Trinajstić information content (AvgIpc) is 3.44. The van der Waals surface area contributed by atoms with Crippen molar-refractivity contribution >= 4 is 23.7 Å². The number of unbranched alkanes of at least 4 members (excludes halogenated alkanes) is 1. The zero-order chi connectivity index (χ0) is 28.8. The van der Waals surface area contributed by atoms with Crippen LogP contribution in [-0.2, 0) is 32.0 Å². The number of amides is 3. The number of hydrogen-bond donors (Lipinski definition) is 7. The first-order chi connectivity index (χ1) is 18.7. The lowest BCUT2D eigenvalue weighted by atomic mass is 9.98. The lowest BCUT2D eigenvalue weighted by molar-refractivity contribution is -0.142. The SMILES string of the molecule is CCC(C)C(N)C(=O)NC(CCCCN)C(=O)NC(Cc1ccccc1)C(=O)NC(Cc1cnc[nH]1)C(=O)O. The van der Waals surface area contributed by atoms with Crippen LogP contribution in [0.15, 0.2) is 42.9 Å². The van der Waals surface area contributed by atoms with Crippen molar-refractivity contribution in [2.45, 2.75) is 76.5 Å². The second-order valence-electron chi connectivity index (χ2n) is 9.69. The summed E-state index contributed by atoms with van der Waals surface area (Å²) in [6.07, 6.45) is 5.22. The summed E-state index contributed by atoms with van der Waals surface area (Å²) in [6, 6.07) is 4.96. The number of nitrogens with one attached hydrogen (secondary N) is 4. The van der Waals surface area contributed by atoms with Gasteiger partial charge >= 0.3 is 5.97 Å². The maximum absolute atomic E-state index is 13.4. The normalized spacial score (nSPS) is 14.9. The maximum Gasteiger partial charge on any atom is 0.326 e. The number of hydrogen-bond acceptors (Lipinski definition) is 7. The maximum atomic E-state index is 13.4. The van der Waals surface area contributed by atoms with Gasteiger partial charge in [0.15, 0.2) is 0 Å². The van der Waals surface area contributed by atoms with E-state index < -0.39 is 47.9 Å². The first-order valence-corrected chi connectivity index (χ1v) is 13.3. The molecule has 9 N–H and O–H groups in total. The number of aromatic nitrogens is 2. The summed E-state index contributed by atoms with van der Waals surface area (Å²) >= 11 is 0. The van der Waals surface area contributed by atoms with Gasteiger partial charge in [-0.25, -0.2) is 9.78 Å². The van der Waals surface area contributed by atoms with Crippen LogP contribution in [0.25, 0.3) is 0 Å². The van der Waals surface area contributed by atoms with Crippen molar-refractivity contribution in [1.29, 1.82) is 0 Å². The molecule has 214 valence electrons. The molecule has 0 saturated carbocycles. The smallest absolute Gasteiger partial charge is 0.326 e. The number of H-pyrrole nitrogens is 1. The summed E-state index contributed by atoms with van der Waals surface area (Å²) in [5, 5.41) is 17.7. The van der Waals surface area contributed by atoms with E-state index >= 15 is 0 Å². The predicted octanol–water partition coefficient (Wildman–Crippen LogP) is 0.236. The second kappa shape index (κ2) is 16.2. The molecule has 0 saturated heterocycles. The first-order valence-electron chi connectivity index (χ1n) is 13.3. The van der Waals surface area contributed by atoms with Gasteiger partial charge in [-0.3, -0.25) is 14.4 Å². The van der Waals surface area contributed by atoms with E-state index in [0.717, 1.165) is 5.56 Å². The van der Waals surface area contributed by atoms with E-state index in [-0.39, 0.29) is 18.8 Å². The second-order valence-corrected chi connectivity index (χ2v) is 9.69. The summed E-state index contributed by atoms with van der Waals surface area (Å²) < 4.78 is 0. The van der Waals surface area contributed by atoms with E-state index in [0.29, 0.717) is 37.9 Å². The highest BCUT2D eigenvalue weighted by Crippen LogP contribution is 2.10. The van der Waals surface area contributed by atoms with Gasteiger partial charge in [-0.15, -0.1) is 0 Å². The summed E-state index contributed by atoms with van der Waals surface area (Å²) in [5.74, 6) is -2.99. The molecular formula is C27H41N7O5. The van der Waals surface area contributed by atoms with E-state index in [1.807, 2.05) is 19.9 Å². The van der Waals surface area contributed by atoms with E-state index in [2.05, 4.69) is 25.9 Å². The Morgan fingerprint density at radius 3 is 2.18 bits per heavy atom. The van der Waals surface area contributed by atoms with Crippen LogP contribution >= 0.6 is 0 Å². The Bertz CT molecular complexity index is 1050. The molecule has 5 atom stereocenters. The van der Waals surface area contributed by atoms with Crippen LogP contribution in [0.2, 0.25) is 0 Å². The molecule has 39 heavy (non-hydrogen) atoms. The van der Waals surface area contributed by atoms with Crippen molar-refractivity contribution in [2.24, 2.45) is 17.4 Å². The van der Waals surface area contributed by atoms with Crippen molar-refractivity contribution in [3.63, 3.8) is 0 Å². The number of aromatic amines is 1. The molecule has 1 aromatic heterocycles. The number of benzene rings is 1. The number of nitrogens with zero attached hydrogens (tertiary/aromatic N) is 1. The third-order valence-corrected chi connectivity index (χ3v) is 6.65. The third-order valence-electron chi connectivity index (χ3n) is 6.65. The predicted molar refractivity (Wildman–Crippen MR) is 146 cm³/mol. The van der Waals surface area contributed by atoms with Crippen LogP contribution in [0.3, 0.4) is 0 Å². The van der Waals surface area contributed by atoms with Gasteiger partial charge in [0, 0.05) is 24.7 Å². The van der Waals surface area contributed by atoms with Gasteiger partial charge in [-0.1, -0.05) is 50.6 Å². The number of nitrogens with two attached hydrogens (primary N) is 2. The third kappa shape index (κ3) is 10.5. The van der Waals surface area contributed by atoms with Gasteiger partial charge in [0.25, 0.3) is 0 Å². The summed E-state index contributed by atoms with van der Waals surface area (Å²) in [7, 11) is 0. The van der Waals surface area contributed by atoms with Crippen LogP contribution in [0.4, 0.5) is 0 Å². The zero-order valence-electron chi connectivity index (χ0n) is 22.6. The number of carboxylic acid groups (broad SMARTS) is 1. The van der Waals surface area contributed by atoms with Gasteiger partial charge in [0.2, 0.25) is 17.7 Å². The van der Waals surface area contributed by atoms with Crippen molar-refractivity contribution in [2.75, 3.05) is 6.54 Å². The molecule has 0 aliphatic carbocycles. The Hall–Kier alpha value is -3.77. The minimum absolute atomic E-state index is 0.0155. The largest absolute Gasteiger partial charge is 0.480 e. The summed E-state index contributed by atoms with van der Waals surface area (Å²) in [4.78, 5) is 58.1. The fraction of sp³-hybridized carbons (Fsp3) is 0.519. The van der Waals surface area contributed by atoms with Gasteiger partial charge in [-0.05, 0) is 37.3 Å². The number of carbonyl (C=O) groups excluding carboxylic acids is 3. The molecule has 5 unspecified atom stereocenters. The molecule has 12 heteroatoms. The minimum Gasteiger partial charge on any atom is -0.480 e. The first kappa shape index (κ1) is 31.4. The van der Waals surface area contributed by atoms with E-state index in [4.69, 9.17) is 11.5 Å². The Morgan fingerprint density at radius 1 is 0.949 bits per heavy atom. The van der Waals surface area contributed by atoms with E-state index in [1.165, 1.54) is 12.5 Å². The Labute approximate surface area is 228 Å². The molecular weight excluding hydrogens is 502 g/mol. The summed E-state index contributed by atoms with van der Waals surface area (Å²) in [5.41, 5.74) is 13.0. The van der Waals surface area contributed by atoms with E-state index in [9.17, 15) is 24.3 Å². The van der Waals surface area contributed by atoms with Crippen LogP contribution in [-0.4, -0.2) is 69.5 Å². The highest BCUT2D eigenvalue weighted by atomic mass is 16.4. The van der Waals surface area contributed by atoms with Crippen molar-refractivity contribution < 1.29 is 24.3 Å². The molecule has 3 amide bonds. The molecule has 0 bridgehead atoms. The molecule has 2 rings (SSSR count). The molecule has 0 aliphatic rings.